The fourth-order valence-corrected chi connectivity index (χ4v) is 2.82. The molecule has 1 aliphatic rings. The second-order valence-electron chi connectivity index (χ2n) is 4.10. The molecule has 0 radical (unpaired) electrons. The van der Waals surface area contributed by atoms with Crippen molar-refractivity contribution in [3.63, 3.8) is 0 Å². The molecule has 0 bridgehead atoms. The maximum Gasteiger partial charge on any atom is 0.0254 e. The Morgan fingerprint density at radius 3 is 2.42 bits per heavy atom. The molecule has 0 aliphatic heterocycles. The molecule has 1 aliphatic carbocycles. The normalized spacial score (nSPS) is 22.5. The van der Waals surface area contributed by atoms with Gasteiger partial charge in [-0.1, -0.05) is 45.4 Å². The third kappa shape index (κ3) is 2.97. The molecule has 1 fully saturated rings. The molecule has 0 aromatic carbocycles. The molecular formula is C11H21Cl. The molecule has 0 saturated heterocycles. The van der Waals surface area contributed by atoms with Gasteiger partial charge in [0.15, 0.2) is 0 Å². The van der Waals surface area contributed by atoms with Gasteiger partial charge in [-0.25, -0.2) is 0 Å². The number of rotatable bonds is 4. The maximum absolute atomic E-state index is 5.98. The number of hydrogen-bond acceptors (Lipinski definition) is 0. The molecule has 1 atom stereocenters. The average Bonchev–Trinajstić information content (AvgIpc) is 2.15. The van der Waals surface area contributed by atoms with Crippen LogP contribution in [0.15, 0.2) is 0 Å². The highest BCUT2D eigenvalue weighted by molar-refractivity contribution is 6.18. The van der Waals surface area contributed by atoms with Gasteiger partial charge in [-0.2, -0.15) is 0 Å². The Morgan fingerprint density at radius 1 is 1.25 bits per heavy atom. The molecule has 0 heterocycles. The summed E-state index contributed by atoms with van der Waals surface area (Å²) in [6, 6.07) is 0. The lowest BCUT2D eigenvalue weighted by atomic mass is 9.79. The third-order valence-corrected chi connectivity index (χ3v) is 3.57. The summed E-state index contributed by atoms with van der Waals surface area (Å²) in [7, 11) is 0. The van der Waals surface area contributed by atoms with Crippen LogP contribution in [0.2, 0.25) is 0 Å². The van der Waals surface area contributed by atoms with E-state index >= 15 is 0 Å². The van der Waals surface area contributed by atoms with E-state index in [0.717, 1.165) is 17.7 Å². The highest BCUT2D eigenvalue weighted by atomic mass is 35.5. The fraction of sp³-hybridized carbons (Fsp3) is 1.00. The first-order chi connectivity index (χ1) is 5.88. The minimum atomic E-state index is 0.817. The van der Waals surface area contributed by atoms with Crippen molar-refractivity contribution in [1.29, 1.82) is 0 Å². The largest absolute Gasteiger partial charge is 0.126 e. The summed E-state index contributed by atoms with van der Waals surface area (Å²) in [5.74, 6) is 2.66. The summed E-state index contributed by atoms with van der Waals surface area (Å²) in [6.45, 7) is 2.27. The van der Waals surface area contributed by atoms with Crippen molar-refractivity contribution in [2.75, 3.05) is 5.88 Å². The SMILES string of the molecule is CCCC(CCl)C1CCCCC1. The monoisotopic (exact) mass is 188 g/mol. The van der Waals surface area contributed by atoms with Gasteiger partial charge >= 0.3 is 0 Å². The summed E-state index contributed by atoms with van der Waals surface area (Å²) in [5, 5.41) is 0. The number of halogens is 1. The van der Waals surface area contributed by atoms with Crippen LogP contribution in [0.25, 0.3) is 0 Å². The standard InChI is InChI=1S/C11H21Cl/c1-2-6-11(9-12)10-7-4-3-5-8-10/h10-11H,2-9H2,1H3. The van der Waals surface area contributed by atoms with Crippen molar-refractivity contribution in [2.24, 2.45) is 11.8 Å². The molecule has 0 N–H and O–H groups in total. The van der Waals surface area contributed by atoms with E-state index in [1.807, 2.05) is 0 Å². The van der Waals surface area contributed by atoms with E-state index in [1.54, 1.807) is 0 Å². The van der Waals surface area contributed by atoms with Crippen molar-refractivity contribution in [1.82, 2.24) is 0 Å². The summed E-state index contributed by atoms with van der Waals surface area (Å²) in [5.41, 5.74) is 0. The summed E-state index contributed by atoms with van der Waals surface area (Å²) < 4.78 is 0. The lowest BCUT2D eigenvalue weighted by Crippen LogP contribution is -2.19. The Labute approximate surface area is 81.7 Å². The second kappa shape index (κ2) is 5.85. The predicted octanol–water partition coefficient (Wildman–Crippen LogP) is 4.22. The van der Waals surface area contributed by atoms with Crippen molar-refractivity contribution in [3.8, 4) is 0 Å². The van der Waals surface area contributed by atoms with Gasteiger partial charge in [-0.3, -0.25) is 0 Å². The van der Waals surface area contributed by atoms with E-state index in [1.165, 1.54) is 44.9 Å². The maximum atomic E-state index is 5.98. The smallest absolute Gasteiger partial charge is 0.0254 e. The van der Waals surface area contributed by atoms with Crippen LogP contribution in [0.4, 0.5) is 0 Å². The van der Waals surface area contributed by atoms with Gasteiger partial charge < -0.3 is 0 Å². The third-order valence-electron chi connectivity index (χ3n) is 3.17. The molecule has 1 unspecified atom stereocenters. The minimum Gasteiger partial charge on any atom is -0.126 e. The Bertz CT molecular complexity index is 103. The lowest BCUT2D eigenvalue weighted by molar-refractivity contribution is 0.254. The van der Waals surface area contributed by atoms with Gasteiger partial charge in [0.1, 0.15) is 0 Å². The molecule has 0 aromatic rings. The number of hydrogen-bond donors (Lipinski definition) is 0. The Balaban J connectivity index is 2.29. The van der Waals surface area contributed by atoms with Crippen LogP contribution in [0.3, 0.4) is 0 Å². The van der Waals surface area contributed by atoms with E-state index in [0.29, 0.717) is 0 Å². The molecule has 1 saturated carbocycles. The predicted molar refractivity (Wildman–Crippen MR) is 55.7 cm³/mol. The molecular weight excluding hydrogens is 168 g/mol. The zero-order valence-electron chi connectivity index (χ0n) is 8.19. The van der Waals surface area contributed by atoms with Crippen LogP contribution in [0.1, 0.15) is 51.9 Å². The van der Waals surface area contributed by atoms with Gasteiger partial charge in [0.2, 0.25) is 0 Å². The molecule has 0 nitrogen and oxygen atoms in total. The van der Waals surface area contributed by atoms with Gasteiger partial charge in [0.25, 0.3) is 0 Å². The van der Waals surface area contributed by atoms with Crippen LogP contribution in [0, 0.1) is 11.8 Å². The van der Waals surface area contributed by atoms with Crippen molar-refractivity contribution < 1.29 is 0 Å². The summed E-state index contributed by atoms with van der Waals surface area (Å²) in [6.07, 6.45) is 9.87. The molecule has 1 rings (SSSR count). The fourth-order valence-electron chi connectivity index (χ4n) is 2.42. The van der Waals surface area contributed by atoms with Gasteiger partial charge in [0.05, 0.1) is 0 Å². The zero-order valence-corrected chi connectivity index (χ0v) is 8.95. The van der Waals surface area contributed by atoms with E-state index in [2.05, 4.69) is 6.92 Å². The van der Waals surface area contributed by atoms with Crippen molar-refractivity contribution in [2.45, 2.75) is 51.9 Å². The first-order valence-corrected chi connectivity index (χ1v) is 5.98. The average molecular weight is 189 g/mol. The molecule has 12 heavy (non-hydrogen) atoms. The van der Waals surface area contributed by atoms with Crippen LogP contribution in [0.5, 0.6) is 0 Å². The summed E-state index contributed by atoms with van der Waals surface area (Å²) >= 11 is 5.98. The molecule has 0 spiro atoms. The van der Waals surface area contributed by atoms with E-state index in [4.69, 9.17) is 11.6 Å². The van der Waals surface area contributed by atoms with Crippen LogP contribution in [-0.2, 0) is 0 Å². The second-order valence-corrected chi connectivity index (χ2v) is 4.41. The molecule has 0 amide bonds. The Morgan fingerprint density at radius 2 is 1.92 bits per heavy atom. The molecule has 72 valence electrons. The van der Waals surface area contributed by atoms with Crippen molar-refractivity contribution in [3.05, 3.63) is 0 Å². The van der Waals surface area contributed by atoms with Crippen LogP contribution >= 0.6 is 11.6 Å². The van der Waals surface area contributed by atoms with E-state index in [-0.39, 0.29) is 0 Å². The number of alkyl halides is 1. The molecule has 0 aromatic heterocycles. The van der Waals surface area contributed by atoms with E-state index < -0.39 is 0 Å². The van der Waals surface area contributed by atoms with Gasteiger partial charge in [-0.05, 0) is 18.3 Å². The van der Waals surface area contributed by atoms with Crippen LogP contribution < -0.4 is 0 Å². The first-order valence-electron chi connectivity index (χ1n) is 5.44. The first kappa shape index (κ1) is 10.4. The quantitative estimate of drug-likeness (QED) is 0.580. The topological polar surface area (TPSA) is 0 Å². The van der Waals surface area contributed by atoms with E-state index in [9.17, 15) is 0 Å². The summed E-state index contributed by atoms with van der Waals surface area (Å²) in [4.78, 5) is 0. The highest BCUT2D eigenvalue weighted by Crippen LogP contribution is 2.32. The van der Waals surface area contributed by atoms with Gasteiger partial charge in [0, 0.05) is 5.88 Å². The zero-order chi connectivity index (χ0) is 8.81. The Kier molecular flexibility index (Phi) is 5.06. The van der Waals surface area contributed by atoms with Crippen LogP contribution in [-0.4, -0.2) is 5.88 Å². The van der Waals surface area contributed by atoms with Gasteiger partial charge in [-0.15, -0.1) is 11.6 Å². The lowest BCUT2D eigenvalue weighted by Gasteiger charge is -2.28. The minimum absolute atomic E-state index is 0.817. The Hall–Kier alpha value is 0.290. The highest BCUT2D eigenvalue weighted by Gasteiger charge is 2.21. The van der Waals surface area contributed by atoms with Crippen molar-refractivity contribution >= 4 is 11.6 Å². The molecule has 1 heteroatoms.